The van der Waals surface area contributed by atoms with E-state index in [-0.39, 0.29) is 0 Å². The number of nitriles is 1. The lowest BCUT2D eigenvalue weighted by Crippen LogP contribution is -2.39. The van der Waals surface area contributed by atoms with Gasteiger partial charge in [-0.15, -0.1) is 5.10 Å². The minimum Gasteiger partial charge on any atom is -0.495 e. The zero-order valence-corrected chi connectivity index (χ0v) is 17.4. The summed E-state index contributed by atoms with van der Waals surface area (Å²) in [4.78, 5) is 2.03. The third-order valence-corrected chi connectivity index (χ3v) is 5.74. The van der Waals surface area contributed by atoms with Crippen LogP contribution in [0.25, 0.3) is 10.8 Å². The average molecular weight is 424 g/mol. The fourth-order valence-corrected chi connectivity index (χ4v) is 4.22. The van der Waals surface area contributed by atoms with E-state index >= 15 is 0 Å². The number of fused-ring (bicyclic) bond motifs is 1. The Morgan fingerprint density at radius 2 is 2.17 bits per heavy atom. The smallest absolute Gasteiger partial charge is 0.159 e. The van der Waals surface area contributed by atoms with E-state index in [1.54, 1.807) is 19.2 Å². The predicted octanol–water partition coefficient (Wildman–Crippen LogP) is 3.30. The Bertz CT molecular complexity index is 1140. The number of halogens is 1. The number of benzene rings is 2. The molecule has 1 saturated heterocycles. The van der Waals surface area contributed by atoms with Gasteiger partial charge in [0.25, 0.3) is 0 Å². The van der Waals surface area contributed by atoms with E-state index in [1.165, 1.54) is 0 Å². The van der Waals surface area contributed by atoms with Gasteiger partial charge in [0.15, 0.2) is 5.82 Å². The number of nitrogens with two attached hydrogens (primary N) is 1. The Morgan fingerprint density at radius 3 is 2.87 bits per heavy atom. The predicted molar refractivity (Wildman–Crippen MR) is 117 cm³/mol. The highest BCUT2D eigenvalue weighted by Gasteiger charge is 2.23. The normalized spacial score (nSPS) is 16.5. The van der Waals surface area contributed by atoms with Crippen molar-refractivity contribution < 1.29 is 9.84 Å². The molecule has 1 aromatic heterocycles. The number of hydrogen-bond donors (Lipinski definition) is 2. The summed E-state index contributed by atoms with van der Waals surface area (Å²) in [5.74, 6) is 1.28. The zero-order valence-electron chi connectivity index (χ0n) is 16.6. The number of piperidine rings is 1. The second-order valence-electron chi connectivity index (χ2n) is 7.42. The van der Waals surface area contributed by atoms with Crippen molar-refractivity contribution in [2.75, 3.05) is 30.8 Å². The van der Waals surface area contributed by atoms with Gasteiger partial charge in [0.1, 0.15) is 11.8 Å². The lowest BCUT2D eigenvalue weighted by atomic mass is 9.99. The maximum atomic E-state index is 10.1. The maximum Gasteiger partial charge on any atom is 0.159 e. The van der Waals surface area contributed by atoms with Gasteiger partial charge in [-0.05, 0) is 42.7 Å². The van der Waals surface area contributed by atoms with E-state index in [0.29, 0.717) is 51.9 Å². The van der Waals surface area contributed by atoms with E-state index in [2.05, 4.69) is 16.3 Å². The minimum atomic E-state index is -0.396. The van der Waals surface area contributed by atoms with E-state index in [4.69, 9.17) is 22.1 Å². The van der Waals surface area contributed by atoms with Crippen LogP contribution in [0, 0.1) is 11.3 Å². The first-order chi connectivity index (χ1) is 14.5. The van der Waals surface area contributed by atoms with Gasteiger partial charge in [-0.25, -0.2) is 0 Å². The van der Waals surface area contributed by atoms with Crippen molar-refractivity contribution in [3.05, 3.63) is 52.2 Å². The summed E-state index contributed by atoms with van der Waals surface area (Å²) >= 11 is 6.27. The van der Waals surface area contributed by atoms with Crippen LogP contribution in [0.4, 0.5) is 11.5 Å². The number of anilines is 2. The molecule has 2 aromatic carbocycles. The molecule has 1 fully saturated rings. The molecule has 0 saturated carbocycles. The molecule has 0 bridgehead atoms. The van der Waals surface area contributed by atoms with Crippen molar-refractivity contribution >= 4 is 33.9 Å². The number of hydrogen-bond acceptors (Lipinski definition) is 7. The van der Waals surface area contributed by atoms with Crippen molar-refractivity contribution in [2.45, 2.75) is 25.4 Å². The number of aromatic nitrogens is 2. The van der Waals surface area contributed by atoms with Crippen LogP contribution >= 0.6 is 11.6 Å². The maximum absolute atomic E-state index is 10.1. The molecule has 30 heavy (non-hydrogen) atoms. The van der Waals surface area contributed by atoms with Crippen LogP contribution in [0.5, 0.6) is 5.75 Å². The first kappa shape index (κ1) is 20.2. The van der Waals surface area contributed by atoms with Gasteiger partial charge in [-0.3, -0.25) is 0 Å². The molecule has 2 heterocycles. The molecule has 3 N–H and O–H groups in total. The van der Waals surface area contributed by atoms with Crippen LogP contribution in [-0.2, 0) is 6.42 Å². The van der Waals surface area contributed by atoms with Crippen molar-refractivity contribution in [3.63, 3.8) is 0 Å². The van der Waals surface area contributed by atoms with E-state index in [9.17, 15) is 10.4 Å². The quantitative estimate of drug-likeness (QED) is 0.619. The fourth-order valence-electron chi connectivity index (χ4n) is 3.94. The number of aliphatic hydroxyl groups excluding tert-OH is 1. The first-order valence-electron chi connectivity index (χ1n) is 9.75. The molecule has 8 heteroatoms. The molecule has 0 spiro atoms. The van der Waals surface area contributed by atoms with E-state index < -0.39 is 6.10 Å². The Labute approximate surface area is 179 Å². The molecule has 3 aromatic rings. The molecule has 7 nitrogen and oxygen atoms in total. The number of nitrogens with zero attached hydrogens (tertiary/aromatic N) is 4. The summed E-state index contributed by atoms with van der Waals surface area (Å²) in [5.41, 5.74) is 8.76. The van der Waals surface area contributed by atoms with Crippen LogP contribution in [0.3, 0.4) is 0 Å². The molecule has 1 aliphatic rings. The van der Waals surface area contributed by atoms with Crippen LogP contribution in [-0.4, -0.2) is 41.6 Å². The zero-order chi connectivity index (χ0) is 21.3. The Balaban J connectivity index is 1.83. The molecule has 0 amide bonds. The van der Waals surface area contributed by atoms with Crippen molar-refractivity contribution in [2.24, 2.45) is 0 Å². The second kappa shape index (κ2) is 8.34. The third kappa shape index (κ3) is 3.72. The highest BCUT2D eigenvalue weighted by molar-refractivity contribution is 6.32. The van der Waals surface area contributed by atoms with Gasteiger partial charge >= 0.3 is 0 Å². The molecule has 154 valence electrons. The number of rotatable bonds is 4. The van der Waals surface area contributed by atoms with E-state index in [1.807, 2.05) is 23.1 Å². The van der Waals surface area contributed by atoms with Crippen molar-refractivity contribution in [1.29, 1.82) is 5.26 Å². The van der Waals surface area contributed by atoms with Crippen molar-refractivity contribution in [1.82, 2.24) is 10.2 Å². The SMILES string of the molecule is COc1ccc(Cc2nnc(N3CCCC(O)C3)c3ccc(C#N)c(N)c23)cc1Cl. The topological polar surface area (TPSA) is 108 Å². The van der Waals surface area contributed by atoms with E-state index in [0.717, 1.165) is 30.3 Å². The van der Waals surface area contributed by atoms with Gasteiger partial charge < -0.3 is 20.5 Å². The molecule has 0 radical (unpaired) electrons. The number of β-amino-alcohol motifs (C(OH)–C–C–N with tert-alkyl or cyclic N) is 1. The van der Waals surface area contributed by atoms with Crippen LogP contribution in [0.2, 0.25) is 5.02 Å². The molecule has 4 rings (SSSR count). The first-order valence-corrected chi connectivity index (χ1v) is 10.1. The monoisotopic (exact) mass is 423 g/mol. The minimum absolute atomic E-state index is 0.387. The largest absolute Gasteiger partial charge is 0.495 e. The number of aliphatic hydroxyl groups is 1. The van der Waals surface area contributed by atoms with Gasteiger partial charge in [-0.2, -0.15) is 10.4 Å². The number of nitrogen functional groups attached to an aromatic ring is 1. The molecular weight excluding hydrogens is 402 g/mol. The standard InChI is InChI=1S/C22H22ClN5O2/c1-30-19-7-4-13(9-17(19)23)10-18-20-16(6-5-14(11-24)21(20)25)22(27-26-18)28-8-2-3-15(29)12-28/h4-7,9,15,29H,2-3,8,10,12,25H2,1H3. The van der Waals surface area contributed by atoms with Crippen molar-refractivity contribution in [3.8, 4) is 11.8 Å². The summed E-state index contributed by atoms with van der Waals surface area (Å²) in [5, 5.41) is 30.6. The second-order valence-corrected chi connectivity index (χ2v) is 7.83. The lowest BCUT2D eigenvalue weighted by molar-refractivity contribution is 0.154. The van der Waals surface area contributed by atoms with Crippen LogP contribution < -0.4 is 15.4 Å². The highest BCUT2D eigenvalue weighted by Crippen LogP contribution is 2.35. The summed E-state index contributed by atoms with van der Waals surface area (Å²) in [7, 11) is 1.57. The average Bonchev–Trinajstić information content (AvgIpc) is 2.74. The Morgan fingerprint density at radius 1 is 1.33 bits per heavy atom. The number of methoxy groups -OCH3 is 1. The Hall–Kier alpha value is -3.08. The number of ether oxygens (including phenoxy) is 1. The lowest BCUT2D eigenvalue weighted by Gasteiger charge is -2.31. The van der Waals surface area contributed by atoms with Gasteiger partial charge in [-0.1, -0.05) is 17.7 Å². The summed E-state index contributed by atoms with van der Waals surface area (Å²) in [6, 6.07) is 11.3. The third-order valence-electron chi connectivity index (χ3n) is 5.44. The molecular formula is C22H22ClN5O2. The van der Waals surface area contributed by atoms with Gasteiger partial charge in [0, 0.05) is 30.3 Å². The molecule has 0 aliphatic carbocycles. The summed E-state index contributed by atoms with van der Waals surface area (Å²) in [6.07, 6.45) is 1.71. The molecule has 1 atom stereocenters. The molecule has 1 unspecified atom stereocenters. The summed E-state index contributed by atoms with van der Waals surface area (Å²) < 4.78 is 5.22. The van der Waals surface area contributed by atoms with Crippen LogP contribution in [0.1, 0.15) is 29.7 Å². The van der Waals surface area contributed by atoms with Crippen LogP contribution in [0.15, 0.2) is 30.3 Å². The fraction of sp³-hybridized carbons (Fsp3) is 0.318. The van der Waals surface area contributed by atoms with Gasteiger partial charge in [0.2, 0.25) is 0 Å². The Kier molecular flexibility index (Phi) is 5.62. The highest BCUT2D eigenvalue weighted by atomic mass is 35.5. The molecule has 1 aliphatic heterocycles. The van der Waals surface area contributed by atoms with Gasteiger partial charge in [0.05, 0.1) is 35.2 Å². The summed E-state index contributed by atoms with van der Waals surface area (Å²) in [6.45, 7) is 1.28.